The van der Waals surface area contributed by atoms with E-state index in [1.54, 1.807) is 0 Å². The van der Waals surface area contributed by atoms with E-state index in [1.807, 2.05) is 0 Å². The normalized spacial score (nSPS) is 11.9. The first-order valence-electron chi connectivity index (χ1n) is 3.90. The zero-order valence-corrected chi connectivity index (χ0v) is 8.80. The fourth-order valence-corrected chi connectivity index (χ4v) is 2.40. The molecule has 60 valence electrons. The quantitative estimate of drug-likeness (QED) is 0.613. The summed E-state index contributed by atoms with van der Waals surface area (Å²) in [5.41, 5.74) is 3.46. The van der Waals surface area contributed by atoms with Crippen LogP contribution in [0, 0.1) is 11.8 Å². The van der Waals surface area contributed by atoms with Crippen molar-refractivity contribution in [2.75, 3.05) is 0 Å². The molecule has 0 saturated heterocycles. The van der Waals surface area contributed by atoms with E-state index in [0.717, 1.165) is 0 Å². The van der Waals surface area contributed by atoms with Crippen molar-refractivity contribution in [2.24, 2.45) is 11.8 Å². The largest absolute Gasteiger partial charge is 0.434 e. The molecule has 0 aromatic rings. The van der Waals surface area contributed by atoms with E-state index in [9.17, 15) is 0 Å². The maximum Gasteiger partial charge on any atom is 0.180 e. The van der Waals surface area contributed by atoms with Gasteiger partial charge in [0.1, 0.15) is 0 Å². The Hall–Kier alpha value is -0.0831. The molecule has 0 fully saturated rings. The fourth-order valence-electron chi connectivity index (χ4n) is 1.24. The zero-order chi connectivity index (χ0) is 8.15. The molecule has 0 heterocycles. The number of allylic oxidation sites excluding steroid dienone is 1. The van der Waals surface area contributed by atoms with E-state index in [1.165, 1.54) is 5.57 Å². The van der Waals surface area contributed by atoms with Crippen molar-refractivity contribution in [1.82, 2.24) is 0 Å². The first-order valence-corrected chi connectivity index (χ1v) is 5.35. The topological polar surface area (TPSA) is 20.2 Å². The second kappa shape index (κ2) is 4.69. The highest BCUT2D eigenvalue weighted by atomic mass is 28.2. The van der Waals surface area contributed by atoms with Crippen LogP contribution in [-0.4, -0.2) is 14.6 Å². The lowest BCUT2D eigenvalue weighted by Crippen LogP contribution is -2.03. The third-order valence-electron chi connectivity index (χ3n) is 1.66. The Bertz CT molecular complexity index is 106. The number of rotatable bonds is 3. The van der Waals surface area contributed by atoms with Crippen LogP contribution in [0.1, 0.15) is 27.7 Å². The molecule has 0 aliphatic rings. The van der Waals surface area contributed by atoms with Gasteiger partial charge in [-0.1, -0.05) is 39.0 Å². The molecular weight excluding hydrogens is 140 g/mol. The molecule has 0 bridgehead atoms. The summed E-state index contributed by atoms with van der Waals surface area (Å²) in [6, 6.07) is 0. The molecule has 10 heavy (non-hydrogen) atoms. The molecule has 2 heteroatoms. The van der Waals surface area contributed by atoms with Gasteiger partial charge in [0, 0.05) is 0 Å². The zero-order valence-electron chi connectivity index (χ0n) is 7.39. The van der Waals surface area contributed by atoms with Crippen LogP contribution in [-0.2, 0) is 0 Å². The molecule has 0 saturated carbocycles. The third-order valence-corrected chi connectivity index (χ3v) is 2.31. The Morgan fingerprint density at radius 2 is 1.60 bits per heavy atom. The Labute approximate surface area is 66.1 Å². The van der Waals surface area contributed by atoms with Gasteiger partial charge in [-0.25, -0.2) is 0 Å². The van der Waals surface area contributed by atoms with E-state index in [4.69, 9.17) is 4.80 Å². The predicted molar refractivity (Wildman–Crippen MR) is 48.5 cm³/mol. The van der Waals surface area contributed by atoms with Crippen LogP contribution < -0.4 is 0 Å². The standard InChI is InChI=1S/C8H18OSi/c1-6(2)8(5-10-9)7(3)4/h5-7,9H,10H2,1-4H3. The summed E-state index contributed by atoms with van der Waals surface area (Å²) >= 11 is 0. The summed E-state index contributed by atoms with van der Waals surface area (Å²) in [6.07, 6.45) is 0. The monoisotopic (exact) mass is 158 g/mol. The summed E-state index contributed by atoms with van der Waals surface area (Å²) in [7, 11) is -0.881. The first kappa shape index (κ1) is 9.92. The van der Waals surface area contributed by atoms with Crippen LogP contribution in [0.15, 0.2) is 11.3 Å². The second-order valence-electron chi connectivity index (χ2n) is 3.20. The minimum Gasteiger partial charge on any atom is -0.434 e. The summed E-state index contributed by atoms with van der Waals surface area (Å²) < 4.78 is 0. The van der Waals surface area contributed by atoms with Crippen LogP contribution in [0.4, 0.5) is 0 Å². The lowest BCUT2D eigenvalue weighted by atomic mass is 9.95. The van der Waals surface area contributed by atoms with Crippen molar-refractivity contribution in [2.45, 2.75) is 27.7 Å². The predicted octanol–water partition coefficient (Wildman–Crippen LogP) is 1.26. The van der Waals surface area contributed by atoms with Crippen LogP contribution >= 0.6 is 0 Å². The summed E-state index contributed by atoms with van der Waals surface area (Å²) in [5.74, 6) is 1.19. The van der Waals surface area contributed by atoms with Crippen LogP contribution in [0.2, 0.25) is 0 Å². The lowest BCUT2D eigenvalue weighted by Gasteiger charge is -2.14. The van der Waals surface area contributed by atoms with E-state index >= 15 is 0 Å². The maximum atomic E-state index is 8.80. The number of hydrogen-bond donors (Lipinski definition) is 1. The van der Waals surface area contributed by atoms with Gasteiger partial charge in [-0.3, -0.25) is 0 Å². The van der Waals surface area contributed by atoms with Gasteiger partial charge in [0.15, 0.2) is 9.76 Å². The Morgan fingerprint density at radius 1 is 1.20 bits per heavy atom. The molecule has 0 aromatic carbocycles. The number of hydrogen-bond acceptors (Lipinski definition) is 1. The van der Waals surface area contributed by atoms with Gasteiger partial charge in [0.05, 0.1) is 0 Å². The minimum absolute atomic E-state index is 0.597. The Balaban J connectivity index is 4.12. The van der Waals surface area contributed by atoms with Crippen molar-refractivity contribution in [3.05, 3.63) is 11.3 Å². The molecular formula is C8H18OSi. The van der Waals surface area contributed by atoms with Gasteiger partial charge in [0.2, 0.25) is 0 Å². The van der Waals surface area contributed by atoms with Crippen molar-refractivity contribution in [3.8, 4) is 0 Å². The molecule has 0 spiro atoms. The second-order valence-corrected chi connectivity index (χ2v) is 3.97. The molecule has 0 radical (unpaired) electrons. The van der Waals surface area contributed by atoms with Crippen LogP contribution in [0.5, 0.6) is 0 Å². The SMILES string of the molecule is CC(C)C(=C[SiH2]O)C(C)C. The average Bonchev–Trinajstić information content (AvgIpc) is 1.81. The van der Waals surface area contributed by atoms with Crippen LogP contribution in [0.25, 0.3) is 0 Å². The van der Waals surface area contributed by atoms with Gasteiger partial charge in [0.25, 0.3) is 0 Å². The molecule has 0 aromatic heterocycles. The summed E-state index contributed by atoms with van der Waals surface area (Å²) in [4.78, 5) is 8.80. The van der Waals surface area contributed by atoms with Crippen LogP contribution in [0.3, 0.4) is 0 Å². The van der Waals surface area contributed by atoms with E-state index in [2.05, 4.69) is 33.4 Å². The van der Waals surface area contributed by atoms with Gasteiger partial charge in [-0.15, -0.1) is 0 Å². The van der Waals surface area contributed by atoms with Gasteiger partial charge >= 0.3 is 0 Å². The highest BCUT2D eigenvalue weighted by molar-refractivity contribution is 6.32. The van der Waals surface area contributed by atoms with E-state index in [-0.39, 0.29) is 0 Å². The smallest absolute Gasteiger partial charge is 0.180 e. The molecule has 0 rings (SSSR count). The molecule has 1 nitrogen and oxygen atoms in total. The molecule has 0 atom stereocenters. The highest BCUT2D eigenvalue weighted by Crippen LogP contribution is 2.17. The Morgan fingerprint density at radius 3 is 1.70 bits per heavy atom. The Kier molecular flexibility index (Phi) is 4.65. The average molecular weight is 158 g/mol. The fraction of sp³-hybridized carbons (Fsp3) is 0.750. The minimum atomic E-state index is -0.881. The first-order chi connectivity index (χ1) is 4.59. The summed E-state index contributed by atoms with van der Waals surface area (Å²) in [6.45, 7) is 8.71. The van der Waals surface area contributed by atoms with Crippen molar-refractivity contribution >= 4 is 9.76 Å². The maximum absolute atomic E-state index is 8.80. The highest BCUT2D eigenvalue weighted by Gasteiger charge is 2.05. The van der Waals surface area contributed by atoms with Gasteiger partial charge in [-0.05, 0) is 11.8 Å². The van der Waals surface area contributed by atoms with E-state index < -0.39 is 9.76 Å². The van der Waals surface area contributed by atoms with Gasteiger partial charge < -0.3 is 4.80 Å². The van der Waals surface area contributed by atoms with Crippen molar-refractivity contribution in [1.29, 1.82) is 0 Å². The van der Waals surface area contributed by atoms with E-state index in [0.29, 0.717) is 11.8 Å². The molecule has 1 N–H and O–H groups in total. The van der Waals surface area contributed by atoms with Crippen molar-refractivity contribution in [3.63, 3.8) is 0 Å². The molecule has 0 aliphatic carbocycles. The molecule has 0 unspecified atom stereocenters. The molecule has 0 amide bonds. The third kappa shape index (κ3) is 3.18. The molecule has 0 aliphatic heterocycles. The van der Waals surface area contributed by atoms with Gasteiger partial charge in [-0.2, -0.15) is 0 Å². The van der Waals surface area contributed by atoms with Crippen molar-refractivity contribution < 1.29 is 4.80 Å². The lowest BCUT2D eigenvalue weighted by molar-refractivity contribution is 0.601. The summed E-state index contributed by atoms with van der Waals surface area (Å²) in [5, 5.41) is 0.